The first-order valence-electron chi connectivity index (χ1n) is 8.68. The van der Waals surface area contributed by atoms with Crippen LogP contribution in [0.1, 0.15) is 41.9 Å². The van der Waals surface area contributed by atoms with Gasteiger partial charge in [0.2, 0.25) is 0 Å². The molecule has 0 aliphatic carbocycles. The number of rotatable bonds is 1. The number of aromatic nitrogens is 1. The van der Waals surface area contributed by atoms with E-state index in [0.29, 0.717) is 28.4 Å². The van der Waals surface area contributed by atoms with Gasteiger partial charge in [-0.15, -0.1) is 0 Å². The van der Waals surface area contributed by atoms with Gasteiger partial charge in [-0.1, -0.05) is 6.07 Å². The van der Waals surface area contributed by atoms with Crippen LogP contribution in [0.3, 0.4) is 0 Å². The molecule has 3 heterocycles. The molecule has 134 valence electrons. The molecular formula is C20H20BF3N2. The lowest BCUT2D eigenvalue weighted by Crippen LogP contribution is -2.51. The molecule has 0 N–H and O–H groups in total. The molecule has 4 rings (SSSR count). The molecule has 2 aromatic rings. The Balaban J connectivity index is 2.17. The van der Waals surface area contributed by atoms with Crippen LogP contribution in [0.25, 0.3) is 5.57 Å². The lowest BCUT2D eigenvalue weighted by atomic mass is 9.83. The molecule has 0 radical (unpaired) electrons. The maximum atomic E-state index is 15.5. The third-order valence-electron chi connectivity index (χ3n) is 5.38. The molecule has 0 saturated heterocycles. The Labute approximate surface area is 151 Å². The molecule has 0 amide bonds. The van der Waals surface area contributed by atoms with E-state index in [4.69, 9.17) is 0 Å². The van der Waals surface area contributed by atoms with Crippen molar-refractivity contribution in [1.82, 2.24) is 4.48 Å². The Kier molecular flexibility index (Phi) is 3.42. The third-order valence-corrected chi connectivity index (χ3v) is 5.38. The minimum Gasteiger partial charge on any atom is -0.393 e. The molecule has 0 bridgehead atoms. The highest BCUT2D eigenvalue weighted by molar-refractivity contribution is 6.58. The van der Waals surface area contributed by atoms with Gasteiger partial charge in [-0.3, -0.25) is 0 Å². The van der Waals surface area contributed by atoms with Gasteiger partial charge in [0.1, 0.15) is 11.5 Å². The van der Waals surface area contributed by atoms with Crippen molar-refractivity contribution in [3.63, 3.8) is 0 Å². The Morgan fingerprint density at radius 3 is 2.31 bits per heavy atom. The highest BCUT2D eigenvalue weighted by atomic mass is 19.2. The lowest BCUT2D eigenvalue weighted by Gasteiger charge is -2.34. The Morgan fingerprint density at radius 1 is 0.962 bits per heavy atom. The fourth-order valence-corrected chi connectivity index (χ4v) is 4.37. The van der Waals surface area contributed by atoms with E-state index >= 15 is 8.63 Å². The molecule has 2 nitrogen and oxygen atoms in total. The van der Waals surface area contributed by atoms with Crippen LogP contribution in [0, 0.1) is 26.6 Å². The second kappa shape index (κ2) is 5.25. The summed E-state index contributed by atoms with van der Waals surface area (Å²) in [6.07, 6.45) is 1.79. The van der Waals surface area contributed by atoms with Crippen molar-refractivity contribution in [1.29, 1.82) is 0 Å². The van der Waals surface area contributed by atoms with Gasteiger partial charge < -0.3 is 17.6 Å². The van der Waals surface area contributed by atoms with Crippen LogP contribution in [0.15, 0.2) is 41.6 Å². The summed E-state index contributed by atoms with van der Waals surface area (Å²) < 4.78 is 47.1. The number of hydrogen-bond acceptors (Lipinski definition) is 0. The van der Waals surface area contributed by atoms with Crippen molar-refractivity contribution in [3.05, 3.63) is 75.5 Å². The van der Waals surface area contributed by atoms with E-state index in [0.717, 1.165) is 31.2 Å². The van der Waals surface area contributed by atoms with E-state index in [1.165, 1.54) is 6.07 Å². The summed E-state index contributed by atoms with van der Waals surface area (Å²) >= 11 is 0. The van der Waals surface area contributed by atoms with E-state index in [-0.39, 0.29) is 5.82 Å². The molecule has 2 aliphatic rings. The van der Waals surface area contributed by atoms with Gasteiger partial charge >= 0.3 is 6.97 Å². The second-order valence-electron chi connectivity index (χ2n) is 7.30. The Morgan fingerprint density at radius 2 is 1.65 bits per heavy atom. The minimum absolute atomic E-state index is 0.300. The van der Waals surface area contributed by atoms with Crippen molar-refractivity contribution < 1.29 is 17.5 Å². The van der Waals surface area contributed by atoms with Crippen molar-refractivity contribution in [2.75, 3.05) is 0 Å². The first-order chi connectivity index (χ1) is 12.1. The number of hydrogen-bond donors (Lipinski definition) is 0. The van der Waals surface area contributed by atoms with Crippen molar-refractivity contribution in [2.24, 2.45) is 0 Å². The molecule has 0 spiro atoms. The zero-order chi connectivity index (χ0) is 19.0. The van der Waals surface area contributed by atoms with Gasteiger partial charge in [0, 0.05) is 24.3 Å². The van der Waals surface area contributed by atoms with Crippen LogP contribution in [0.4, 0.5) is 13.0 Å². The molecule has 0 unspecified atom stereocenters. The van der Waals surface area contributed by atoms with Gasteiger partial charge in [-0.25, -0.2) is 4.39 Å². The van der Waals surface area contributed by atoms with E-state index in [1.54, 1.807) is 45.0 Å². The lowest BCUT2D eigenvalue weighted by molar-refractivity contribution is -0.363. The maximum absolute atomic E-state index is 15.5. The van der Waals surface area contributed by atoms with Crippen molar-refractivity contribution in [3.8, 4) is 0 Å². The Hall–Kier alpha value is -2.50. The van der Waals surface area contributed by atoms with E-state index in [2.05, 4.69) is 0 Å². The van der Waals surface area contributed by atoms with Crippen LogP contribution in [-0.2, 0) is 0 Å². The summed E-state index contributed by atoms with van der Waals surface area (Å²) in [6, 6.07) is 6.60. The van der Waals surface area contributed by atoms with Gasteiger partial charge in [-0.05, 0) is 68.3 Å². The van der Waals surface area contributed by atoms with Crippen LogP contribution in [0.5, 0.6) is 0 Å². The number of allylic oxidation sites excluding steroid dienone is 2. The topological polar surface area (TPSA) is 7.94 Å². The fourth-order valence-electron chi connectivity index (χ4n) is 4.37. The molecule has 1 aromatic heterocycles. The van der Waals surface area contributed by atoms with Gasteiger partial charge in [0.05, 0.1) is 5.57 Å². The first kappa shape index (κ1) is 16.9. The third kappa shape index (κ3) is 2.04. The summed E-state index contributed by atoms with van der Waals surface area (Å²) in [5, 5.41) is 0. The predicted molar refractivity (Wildman–Crippen MR) is 99.1 cm³/mol. The minimum atomic E-state index is -3.98. The molecule has 0 fully saturated rings. The summed E-state index contributed by atoms with van der Waals surface area (Å²) in [5.41, 5.74) is 5.66. The highest BCUT2D eigenvalue weighted by Gasteiger charge is 2.55. The SMILES string of the molecule is CC1=CC(C)=[N+]2C1=C(c1ccc(F)c(C)c1)c1c(C)cc(C)n1[B-]2(F)F. The quantitative estimate of drug-likeness (QED) is 0.637. The summed E-state index contributed by atoms with van der Waals surface area (Å²) in [6.45, 7) is 4.82. The highest BCUT2D eigenvalue weighted by Crippen LogP contribution is 2.44. The van der Waals surface area contributed by atoms with E-state index in [9.17, 15) is 4.39 Å². The average Bonchev–Trinajstić information content (AvgIpc) is 3.01. The second-order valence-corrected chi connectivity index (χ2v) is 7.30. The van der Waals surface area contributed by atoms with Crippen LogP contribution in [0.2, 0.25) is 0 Å². The number of halogens is 3. The average molecular weight is 356 g/mol. The zero-order valence-electron chi connectivity index (χ0n) is 15.5. The van der Waals surface area contributed by atoms with E-state index < -0.39 is 6.97 Å². The number of nitrogens with zero attached hydrogens (tertiary/aromatic N) is 2. The molecular weight excluding hydrogens is 336 g/mol. The summed E-state index contributed by atoms with van der Waals surface area (Å²) in [5.74, 6) is -0.300. The van der Waals surface area contributed by atoms with Crippen LogP contribution < -0.4 is 0 Å². The first-order valence-corrected chi connectivity index (χ1v) is 8.68. The van der Waals surface area contributed by atoms with Crippen LogP contribution >= 0.6 is 0 Å². The zero-order valence-corrected chi connectivity index (χ0v) is 15.5. The number of aryl methyl sites for hydroxylation is 3. The number of fused-ring (bicyclic) bond motifs is 2. The smallest absolute Gasteiger partial charge is 0.393 e. The molecule has 2 aliphatic heterocycles. The van der Waals surface area contributed by atoms with Crippen molar-refractivity contribution >= 4 is 18.3 Å². The van der Waals surface area contributed by atoms with Gasteiger partial charge in [0.15, 0.2) is 5.70 Å². The molecule has 26 heavy (non-hydrogen) atoms. The van der Waals surface area contributed by atoms with Gasteiger partial charge in [0.25, 0.3) is 0 Å². The molecule has 1 aromatic carbocycles. The fraction of sp³-hybridized carbons (Fsp3) is 0.250. The predicted octanol–water partition coefficient (Wildman–Crippen LogP) is 4.98. The van der Waals surface area contributed by atoms with Gasteiger partial charge in [-0.2, -0.15) is 0 Å². The van der Waals surface area contributed by atoms with Crippen LogP contribution in [-0.4, -0.2) is 21.6 Å². The normalized spacial score (nSPS) is 18.2. The molecule has 0 saturated carbocycles. The monoisotopic (exact) mass is 356 g/mol. The largest absolute Gasteiger partial charge is 0.737 e. The molecule has 6 heteroatoms. The van der Waals surface area contributed by atoms with E-state index in [1.807, 2.05) is 13.8 Å². The summed E-state index contributed by atoms with van der Waals surface area (Å²) in [4.78, 5) is 0. The summed E-state index contributed by atoms with van der Waals surface area (Å²) in [7, 11) is 0. The Bertz CT molecular complexity index is 1070. The maximum Gasteiger partial charge on any atom is 0.737 e. The standard InChI is InChI=1S/C20H20BF3N2/c1-11-10-16(6-7-17(11)22)18-19-12(2)8-14(4)25(19)21(23,24)26-15(5)9-13(3)20(18)26/h6-10H,1-5H3. The molecule has 0 atom stereocenters. The number of benzene rings is 1. The van der Waals surface area contributed by atoms with Crippen molar-refractivity contribution in [2.45, 2.75) is 34.6 Å².